The molecule has 6 heteroatoms. The van der Waals surface area contributed by atoms with Crippen molar-refractivity contribution in [2.75, 3.05) is 0 Å². The van der Waals surface area contributed by atoms with Gasteiger partial charge in [0.1, 0.15) is 5.01 Å². The zero-order valence-electron chi connectivity index (χ0n) is 11.8. The van der Waals surface area contributed by atoms with E-state index in [0.29, 0.717) is 12.0 Å². The van der Waals surface area contributed by atoms with E-state index in [2.05, 4.69) is 10.3 Å². The van der Waals surface area contributed by atoms with E-state index in [1.807, 2.05) is 19.2 Å². The number of aromatic carboxylic acids is 1. The molecule has 1 heterocycles. The number of nitrogens with one attached hydrogen (secondary N) is 1. The van der Waals surface area contributed by atoms with Crippen LogP contribution in [0.25, 0.3) is 0 Å². The Morgan fingerprint density at radius 3 is 2.67 bits per heavy atom. The summed E-state index contributed by atoms with van der Waals surface area (Å²) >= 11 is 1.48. The van der Waals surface area contributed by atoms with Gasteiger partial charge in [0.2, 0.25) is 0 Å². The summed E-state index contributed by atoms with van der Waals surface area (Å²) in [5, 5.41) is 14.6. The second-order valence-corrected chi connectivity index (χ2v) is 5.76. The SMILES string of the molecule is CC[C@@](C)(NC(=O)c1cccc(C(=O)O)c1)c1nccs1. The molecule has 0 saturated heterocycles. The van der Waals surface area contributed by atoms with Crippen LogP contribution in [-0.2, 0) is 5.54 Å². The Balaban J connectivity index is 2.24. The number of thiazole rings is 1. The van der Waals surface area contributed by atoms with E-state index in [1.165, 1.54) is 23.5 Å². The third kappa shape index (κ3) is 3.28. The second kappa shape index (κ2) is 6.05. The monoisotopic (exact) mass is 304 g/mol. The minimum absolute atomic E-state index is 0.0927. The lowest BCUT2D eigenvalue weighted by atomic mass is 9.99. The Labute approximate surface area is 126 Å². The van der Waals surface area contributed by atoms with Crippen LogP contribution in [0.4, 0.5) is 0 Å². The van der Waals surface area contributed by atoms with E-state index in [-0.39, 0.29) is 11.5 Å². The van der Waals surface area contributed by atoms with Gasteiger partial charge in [0.05, 0.1) is 11.1 Å². The summed E-state index contributed by atoms with van der Waals surface area (Å²) in [7, 11) is 0. The third-order valence-corrected chi connectivity index (χ3v) is 4.41. The van der Waals surface area contributed by atoms with E-state index in [4.69, 9.17) is 5.11 Å². The van der Waals surface area contributed by atoms with E-state index < -0.39 is 11.5 Å². The summed E-state index contributed by atoms with van der Waals surface area (Å²) in [5.74, 6) is -1.36. The fourth-order valence-corrected chi connectivity index (χ4v) is 2.73. The summed E-state index contributed by atoms with van der Waals surface area (Å²) in [5.41, 5.74) is -0.147. The lowest BCUT2D eigenvalue weighted by Gasteiger charge is -2.27. The van der Waals surface area contributed by atoms with Crippen LogP contribution in [0, 0.1) is 0 Å². The van der Waals surface area contributed by atoms with Crippen molar-refractivity contribution in [1.82, 2.24) is 10.3 Å². The number of carboxylic acids is 1. The maximum Gasteiger partial charge on any atom is 0.335 e. The van der Waals surface area contributed by atoms with Crippen LogP contribution in [0.1, 0.15) is 46.0 Å². The number of aromatic nitrogens is 1. The van der Waals surface area contributed by atoms with E-state index >= 15 is 0 Å². The van der Waals surface area contributed by atoms with Crippen molar-refractivity contribution in [2.45, 2.75) is 25.8 Å². The van der Waals surface area contributed by atoms with Crippen molar-refractivity contribution < 1.29 is 14.7 Å². The largest absolute Gasteiger partial charge is 0.478 e. The summed E-state index contributed by atoms with van der Waals surface area (Å²) in [6.45, 7) is 3.88. The van der Waals surface area contributed by atoms with Gasteiger partial charge in [-0.1, -0.05) is 13.0 Å². The zero-order chi connectivity index (χ0) is 15.5. The first kappa shape index (κ1) is 15.2. The summed E-state index contributed by atoms with van der Waals surface area (Å²) < 4.78 is 0. The van der Waals surface area contributed by atoms with E-state index in [0.717, 1.165) is 5.01 Å². The predicted octanol–water partition coefficient (Wildman–Crippen LogP) is 2.90. The topological polar surface area (TPSA) is 79.3 Å². The minimum Gasteiger partial charge on any atom is -0.478 e. The molecule has 0 radical (unpaired) electrons. The molecule has 2 rings (SSSR count). The molecule has 0 unspecified atom stereocenters. The van der Waals surface area contributed by atoms with Gasteiger partial charge in [0.15, 0.2) is 0 Å². The molecule has 1 amide bonds. The number of nitrogens with zero attached hydrogens (tertiary/aromatic N) is 1. The Bertz CT molecular complexity index is 655. The van der Waals surface area contributed by atoms with E-state index in [1.54, 1.807) is 18.3 Å². The van der Waals surface area contributed by atoms with Crippen molar-refractivity contribution in [3.63, 3.8) is 0 Å². The third-order valence-electron chi connectivity index (χ3n) is 3.37. The first-order valence-corrected chi connectivity index (χ1v) is 7.40. The van der Waals surface area contributed by atoms with Crippen molar-refractivity contribution in [1.29, 1.82) is 0 Å². The molecule has 5 nitrogen and oxygen atoms in total. The van der Waals surface area contributed by atoms with Crippen LogP contribution in [-0.4, -0.2) is 22.0 Å². The Morgan fingerprint density at radius 2 is 2.10 bits per heavy atom. The van der Waals surface area contributed by atoms with Gasteiger partial charge in [0.25, 0.3) is 5.91 Å². The lowest BCUT2D eigenvalue weighted by molar-refractivity contribution is 0.0697. The van der Waals surface area contributed by atoms with Crippen LogP contribution < -0.4 is 5.32 Å². The second-order valence-electron chi connectivity index (χ2n) is 4.86. The highest BCUT2D eigenvalue weighted by Crippen LogP contribution is 2.26. The maximum absolute atomic E-state index is 12.4. The Kier molecular flexibility index (Phi) is 4.37. The zero-order valence-corrected chi connectivity index (χ0v) is 12.6. The van der Waals surface area contributed by atoms with Gasteiger partial charge >= 0.3 is 5.97 Å². The molecule has 1 aromatic carbocycles. The molecule has 0 bridgehead atoms. The molecule has 0 aliphatic carbocycles. The van der Waals surface area contributed by atoms with Crippen molar-refractivity contribution >= 4 is 23.2 Å². The molecule has 0 aliphatic rings. The molecule has 21 heavy (non-hydrogen) atoms. The number of amides is 1. The molecular weight excluding hydrogens is 288 g/mol. The molecule has 2 aromatic rings. The fraction of sp³-hybridized carbons (Fsp3) is 0.267. The number of rotatable bonds is 5. The molecule has 110 valence electrons. The number of carbonyl (C=O) groups excluding carboxylic acids is 1. The van der Waals surface area contributed by atoms with Crippen molar-refractivity contribution in [3.8, 4) is 0 Å². The predicted molar refractivity (Wildman–Crippen MR) is 80.6 cm³/mol. The van der Waals surface area contributed by atoms with E-state index in [9.17, 15) is 9.59 Å². The first-order chi connectivity index (χ1) is 9.96. The van der Waals surface area contributed by atoms with Gasteiger partial charge in [0, 0.05) is 17.1 Å². The highest BCUT2D eigenvalue weighted by molar-refractivity contribution is 7.09. The Hall–Kier alpha value is -2.21. The minimum atomic E-state index is -1.05. The number of carboxylic acid groups (broad SMARTS) is 1. The van der Waals surface area contributed by atoms with Gasteiger partial charge in [-0.05, 0) is 31.5 Å². The molecule has 0 aliphatic heterocycles. The van der Waals surface area contributed by atoms with Gasteiger partial charge in [-0.15, -0.1) is 11.3 Å². The molecule has 0 fully saturated rings. The maximum atomic E-state index is 12.4. The number of hydrogen-bond acceptors (Lipinski definition) is 4. The molecule has 2 N–H and O–H groups in total. The normalized spacial score (nSPS) is 13.4. The number of benzene rings is 1. The van der Waals surface area contributed by atoms with Gasteiger partial charge in [-0.25, -0.2) is 9.78 Å². The van der Waals surface area contributed by atoms with Gasteiger partial charge < -0.3 is 10.4 Å². The fourth-order valence-electron chi connectivity index (χ4n) is 1.91. The van der Waals surface area contributed by atoms with Crippen molar-refractivity contribution in [2.24, 2.45) is 0 Å². The number of carbonyl (C=O) groups is 2. The van der Waals surface area contributed by atoms with Crippen LogP contribution in [0.3, 0.4) is 0 Å². The van der Waals surface area contributed by atoms with Crippen LogP contribution in [0.15, 0.2) is 35.8 Å². The quantitative estimate of drug-likeness (QED) is 0.890. The van der Waals surface area contributed by atoms with Crippen molar-refractivity contribution in [3.05, 3.63) is 52.0 Å². The highest BCUT2D eigenvalue weighted by atomic mass is 32.1. The summed E-state index contributed by atoms with van der Waals surface area (Å²) in [6.07, 6.45) is 2.38. The average molecular weight is 304 g/mol. The van der Waals surface area contributed by atoms with Gasteiger partial charge in [-0.2, -0.15) is 0 Å². The first-order valence-electron chi connectivity index (χ1n) is 6.52. The standard InChI is InChI=1S/C15H16N2O3S/c1-3-15(2,14-16-7-8-21-14)17-12(18)10-5-4-6-11(9-10)13(19)20/h4-9H,3H2,1-2H3,(H,17,18)(H,19,20)/t15-/m1/s1. The van der Waals surface area contributed by atoms with Gasteiger partial charge in [-0.3, -0.25) is 4.79 Å². The highest BCUT2D eigenvalue weighted by Gasteiger charge is 2.29. The molecular formula is C15H16N2O3S. The smallest absolute Gasteiger partial charge is 0.335 e. The summed E-state index contributed by atoms with van der Waals surface area (Å²) in [6, 6.07) is 5.99. The van der Waals surface area contributed by atoms with Crippen LogP contribution in [0.2, 0.25) is 0 Å². The lowest BCUT2D eigenvalue weighted by Crippen LogP contribution is -2.43. The van der Waals surface area contributed by atoms with Crippen LogP contribution >= 0.6 is 11.3 Å². The number of hydrogen-bond donors (Lipinski definition) is 2. The Morgan fingerprint density at radius 1 is 1.38 bits per heavy atom. The molecule has 0 saturated carbocycles. The molecule has 0 spiro atoms. The molecule has 1 atom stereocenters. The molecule has 1 aromatic heterocycles. The average Bonchev–Trinajstić information content (AvgIpc) is 3.02. The summed E-state index contributed by atoms with van der Waals surface area (Å²) in [4.78, 5) is 27.6. The van der Waals surface area contributed by atoms with Crippen LogP contribution in [0.5, 0.6) is 0 Å².